The molecule has 0 aromatic heterocycles. The maximum absolute atomic E-state index is 10.3. The quantitative estimate of drug-likeness (QED) is 0.898. The summed E-state index contributed by atoms with van der Waals surface area (Å²) >= 11 is 0. The number of fused-ring (bicyclic) bond motifs is 5. The van der Waals surface area contributed by atoms with Crippen molar-refractivity contribution in [3.05, 3.63) is 29.3 Å². The van der Waals surface area contributed by atoms with Crippen molar-refractivity contribution in [2.24, 2.45) is 0 Å². The Morgan fingerprint density at radius 3 is 2.27 bits per heavy atom. The van der Waals surface area contributed by atoms with Gasteiger partial charge in [0, 0.05) is 11.1 Å². The number of phenolic OH excluding ortho intramolecular Hbond substituents is 1. The molecule has 0 aliphatic carbocycles. The number of rotatable bonds is 4. The van der Waals surface area contributed by atoms with Gasteiger partial charge in [0.25, 0.3) is 0 Å². The van der Waals surface area contributed by atoms with E-state index < -0.39 is 0 Å². The lowest BCUT2D eigenvalue weighted by atomic mass is 9.89. The van der Waals surface area contributed by atoms with Crippen LogP contribution in [0.5, 0.6) is 40.2 Å². The van der Waals surface area contributed by atoms with Gasteiger partial charge in [-0.15, -0.1) is 0 Å². The van der Waals surface area contributed by atoms with Crippen LogP contribution in [0.3, 0.4) is 0 Å². The summed E-state index contributed by atoms with van der Waals surface area (Å²) < 4.78 is 33.7. The topological polar surface area (TPSA) is 75.6 Å². The van der Waals surface area contributed by atoms with Gasteiger partial charge in [0.2, 0.25) is 17.2 Å². The van der Waals surface area contributed by atoms with E-state index in [1.165, 1.54) is 14.2 Å². The molecule has 0 unspecified atom stereocenters. The Balaban J connectivity index is 1.84. The van der Waals surface area contributed by atoms with E-state index in [4.69, 9.17) is 28.4 Å². The summed E-state index contributed by atoms with van der Waals surface area (Å²) in [5.74, 6) is 2.84. The molecule has 0 bridgehead atoms. The van der Waals surface area contributed by atoms with Crippen LogP contribution in [0.15, 0.2) is 18.2 Å². The Hall–Kier alpha value is -2.96. The van der Waals surface area contributed by atoms with Gasteiger partial charge in [0.1, 0.15) is 6.10 Å². The molecule has 0 spiro atoms. The zero-order chi connectivity index (χ0) is 18.4. The van der Waals surface area contributed by atoms with Gasteiger partial charge in [-0.1, -0.05) is 0 Å². The molecule has 0 saturated carbocycles. The first-order valence-corrected chi connectivity index (χ1v) is 8.16. The van der Waals surface area contributed by atoms with Crippen molar-refractivity contribution >= 4 is 0 Å². The van der Waals surface area contributed by atoms with E-state index in [1.54, 1.807) is 20.3 Å². The highest BCUT2D eigenvalue weighted by molar-refractivity contribution is 5.67. The van der Waals surface area contributed by atoms with Crippen LogP contribution >= 0.6 is 0 Å². The zero-order valence-corrected chi connectivity index (χ0v) is 15.0. The Morgan fingerprint density at radius 2 is 1.62 bits per heavy atom. The fraction of sp³-hybridized carbons (Fsp3) is 0.368. The molecule has 0 saturated heterocycles. The molecular formula is C19H20O7. The minimum Gasteiger partial charge on any atom is -0.504 e. The fourth-order valence-corrected chi connectivity index (χ4v) is 3.70. The Kier molecular flexibility index (Phi) is 3.86. The zero-order valence-electron chi connectivity index (χ0n) is 15.0. The average Bonchev–Trinajstić information content (AvgIpc) is 3.04. The van der Waals surface area contributed by atoms with Crippen LogP contribution in [0.1, 0.15) is 23.1 Å². The number of aromatic hydroxyl groups is 1. The predicted molar refractivity (Wildman–Crippen MR) is 92.4 cm³/mol. The highest BCUT2D eigenvalue weighted by Gasteiger charge is 2.45. The Labute approximate surface area is 151 Å². The van der Waals surface area contributed by atoms with Crippen molar-refractivity contribution in [3.63, 3.8) is 0 Å². The molecule has 2 atom stereocenters. The second kappa shape index (κ2) is 6.09. The molecule has 2 aromatic carbocycles. The molecule has 138 valence electrons. The van der Waals surface area contributed by atoms with Crippen molar-refractivity contribution in [1.29, 1.82) is 0 Å². The second-order valence-corrected chi connectivity index (χ2v) is 6.06. The van der Waals surface area contributed by atoms with Crippen LogP contribution < -0.4 is 28.4 Å². The van der Waals surface area contributed by atoms with E-state index in [0.717, 1.165) is 11.1 Å². The molecule has 7 heteroatoms. The Morgan fingerprint density at radius 1 is 0.885 bits per heavy atom. The van der Waals surface area contributed by atoms with Gasteiger partial charge in [-0.25, -0.2) is 0 Å². The average molecular weight is 360 g/mol. The summed E-state index contributed by atoms with van der Waals surface area (Å²) in [5, 5.41) is 10.3. The van der Waals surface area contributed by atoms with E-state index in [9.17, 15) is 5.11 Å². The van der Waals surface area contributed by atoms with Crippen molar-refractivity contribution in [3.8, 4) is 40.2 Å². The predicted octanol–water partition coefficient (Wildman–Crippen LogP) is 3.04. The highest BCUT2D eigenvalue weighted by Crippen LogP contribution is 2.60. The number of methoxy groups -OCH3 is 4. The third-order valence-corrected chi connectivity index (χ3v) is 4.86. The first-order valence-electron chi connectivity index (χ1n) is 8.16. The second-order valence-electron chi connectivity index (χ2n) is 6.06. The van der Waals surface area contributed by atoms with E-state index in [1.807, 2.05) is 12.1 Å². The van der Waals surface area contributed by atoms with Crippen LogP contribution in [0.25, 0.3) is 0 Å². The lowest BCUT2D eigenvalue weighted by Gasteiger charge is -2.29. The number of phenols is 1. The van der Waals surface area contributed by atoms with Crippen LogP contribution in [0, 0.1) is 0 Å². The number of benzene rings is 2. The van der Waals surface area contributed by atoms with Gasteiger partial charge >= 0.3 is 0 Å². The maximum Gasteiger partial charge on any atom is 0.207 e. The van der Waals surface area contributed by atoms with Gasteiger partial charge in [-0.2, -0.15) is 0 Å². The summed E-state index contributed by atoms with van der Waals surface area (Å²) in [6.45, 7) is 0.378. The molecule has 7 nitrogen and oxygen atoms in total. The summed E-state index contributed by atoms with van der Waals surface area (Å²) in [5.41, 5.74) is 1.68. The van der Waals surface area contributed by atoms with Gasteiger partial charge in [0.05, 0.1) is 41.0 Å². The molecule has 0 amide bonds. The largest absolute Gasteiger partial charge is 0.504 e. The van der Waals surface area contributed by atoms with Crippen LogP contribution in [0.2, 0.25) is 0 Å². The van der Waals surface area contributed by atoms with Crippen LogP contribution in [-0.2, 0) is 0 Å². The number of hydrogen-bond acceptors (Lipinski definition) is 7. The lowest BCUT2D eigenvalue weighted by Crippen LogP contribution is -2.23. The lowest BCUT2D eigenvalue weighted by molar-refractivity contribution is 0.132. The summed E-state index contributed by atoms with van der Waals surface area (Å²) in [6.07, 6.45) is -0.283. The van der Waals surface area contributed by atoms with Gasteiger partial charge in [-0.3, -0.25) is 0 Å². The van der Waals surface area contributed by atoms with Crippen molar-refractivity contribution < 1.29 is 33.5 Å². The SMILES string of the molecule is COc1ccc2c(c1OC)OC[C@H]1c3cc(O)c(OC)c(OC)c3O[C@@H]21. The standard InChI is InChI=1S/C19H20O7/c1-21-13-6-5-9-14-11(8-25-15(9)18(13)23-3)10-7-12(20)17(22-2)19(24-4)16(10)26-14/h5-7,11,14,20H,8H2,1-4H3/t11-,14-/m0/s1. The van der Waals surface area contributed by atoms with E-state index in [2.05, 4.69) is 0 Å². The summed E-state index contributed by atoms with van der Waals surface area (Å²) in [6, 6.07) is 5.38. The van der Waals surface area contributed by atoms with Crippen LogP contribution in [-0.4, -0.2) is 40.2 Å². The van der Waals surface area contributed by atoms with E-state index in [0.29, 0.717) is 35.4 Å². The minimum absolute atomic E-state index is 0.00505. The molecule has 2 aliphatic rings. The summed E-state index contributed by atoms with van der Waals surface area (Å²) in [4.78, 5) is 0. The molecule has 2 heterocycles. The van der Waals surface area contributed by atoms with Crippen LogP contribution in [0.4, 0.5) is 0 Å². The summed E-state index contributed by atoms with van der Waals surface area (Å²) in [7, 11) is 6.14. The smallest absolute Gasteiger partial charge is 0.207 e. The molecule has 2 aromatic rings. The number of hydrogen-bond donors (Lipinski definition) is 1. The van der Waals surface area contributed by atoms with E-state index >= 15 is 0 Å². The van der Waals surface area contributed by atoms with E-state index in [-0.39, 0.29) is 23.5 Å². The van der Waals surface area contributed by atoms with Gasteiger partial charge in [0.15, 0.2) is 23.0 Å². The maximum atomic E-state index is 10.3. The van der Waals surface area contributed by atoms with Gasteiger partial charge in [-0.05, 0) is 18.2 Å². The molecule has 26 heavy (non-hydrogen) atoms. The number of ether oxygens (including phenoxy) is 6. The van der Waals surface area contributed by atoms with Crippen molar-refractivity contribution in [2.75, 3.05) is 35.0 Å². The first kappa shape index (κ1) is 16.5. The highest BCUT2D eigenvalue weighted by atomic mass is 16.6. The van der Waals surface area contributed by atoms with Gasteiger partial charge < -0.3 is 33.5 Å². The monoisotopic (exact) mass is 360 g/mol. The fourth-order valence-electron chi connectivity index (χ4n) is 3.70. The normalized spacial score (nSPS) is 19.4. The third kappa shape index (κ3) is 2.13. The van der Waals surface area contributed by atoms with Crippen molar-refractivity contribution in [2.45, 2.75) is 12.0 Å². The minimum atomic E-state index is -0.283. The third-order valence-electron chi connectivity index (χ3n) is 4.86. The molecule has 1 N–H and O–H groups in total. The molecule has 0 radical (unpaired) electrons. The molecular weight excluding hydrogens is 340 g/mol. The molecule has 0 fully saturated rings. The van der Waals surface area contributed by atoms with Crippen molar-refractivity contribution in [1.82, 2.24) is 0 Å². The first-order chi connectivity index (χ1) is 12.6. The molecule has 2 aliphatic heterocycles. The molecule has 4 rings (SSSR count). The Bertz CT molecular complexity index is 862.